The fourth-order valence-corrected chi connectivity index (χ4v) is 3.89. The van der Waals surface area contributed by atoms with Crippen molar-refractivity contribution in [1.29, 1.82) is 0 Å². The summed E-state index contributed by atoms with van der Waals surface area (Å²) in [6.07, 6.45) is 1.67. The van der Waals surface area contributed by atoms with Crippen molar-refractivity contribution in [3.8, 4) is 0 Å². The van der Waals surface area contributed by atoms with Crippen molar-refractivity contribution in [2.24, 2.45) is 5.92 Å². The minimum Gasteiger partial charge on any atom is -0.355 e. The number of benzene rings is 2. The molecule has 2 aromatic carbocycles. The van der Waals surface area contributed by atoms with Crippen molar-refractivity contribution in [2.75, 3.05) is 30.7 Å². The van der Waals surface area contributed by atoms with Crippen LogP contribution >= 0.6 is 11.8 Å². The number of thioether (sulfide) groups is 1. The molecule has 1 aliphatic rings. The first-order chi connectivity index (χ1) is 13.2. The standard InChI is InChI=1S/C21H25N3O2S/c25-20(22-13-15-27-19-11-5-2-6-12-19)17-8-7-14-24(16-17)21(26)23-18-9-3-1-4-10-18/h1-6,9-12,17H,7-8,13-16H2,(H,22,25)(H,23,26)/t17-/m1/s1. The summed E-state index contributed by atoms with van der Waals surface area (Å²) in [5.74, 6) is 0.739. The molecule has 0 bridgehead atoms. The van der Waals surface area contributed by atoms with Crippen LogP contribution in [0.3, 0.4) is 0 Å². The number of carbonyl (C=O) groups is 2. The molecule has 27 heavy (non-hydrogen) atoms. The molecule has 0 unspecified atom stereocenters. The van der Waals surface area contributed by atoms with Crippen LogP contribution in [0.2, 0.25) is 0 Å². The molecule has 2 aromatic rings. The van der Waals surface area contributed by atoms with Gasteiger partial charge < -0.3 is 15.5 Å². The number of rotatable bonds is 6. The van der Waals surface area contributed by atoms with Crippen molar-refractivity contribution < 1.29 is 9.59 Å². The summed E-state index contributed by atoms with van der Waals surface area (Å²) < 4.78 is 0. The van der Waals surface area contributed by atoms with Crippen molar-refractivity contribution in [3.63, 3.8) is 0 Å². The minimum atomic E-state index is -0.140. The molecule has 142 valence electrons. The number of nitrogens with one attached hydrogen (secondary N) is 2. The predicted molar refractivity (Wildman–Crippen MR) is 110 cm³/mol. The summed E-state index contributed by atoms with van der Waals surface area (Å²) in [7, 11) is 0. The van der Waals surface area contributed by atoms with Gasteiger partial charge in [-0.05, 0) is 37.1 Å². The Bertz CT molecular complexity index is 740. The first kappa shape index (κ1) is 19.3. The van der Waals surface area contributed by atoms with Crippen molar-refractivity contribution in [2.45, 2.75) is 17.7 Å². The molecule has 1 aliphatic heterocycles. The second kappa shape index (κ2) is 10.0. The van der Waals surface area contributed by atoms with Gasteiger partial charge in [0.1, 0.15) is 0 Å². The molecule has 1 heterocycles. The zero-order chi connectivity index (χ0) is 18.9. The van der Waals surface area contributed by atoms with Crippen molar-refractivity contribution >= 4 is 29.4 Å². The van der Waals surface area contributed by atoms with Crippen LogP contribution in [-0.2, 0) is 4.79 Å². The fraction of sp³-hybridized carbons (Fsp3) is 0.333. The normalized spacial score (nSPS) is 16.6. The van der Waals surface area contributed by atoms with E-state index in [1.807, 2.05) is 48.5 Å². The smallest absolute Gasteiger partial charge is 0.321 e. The Hall–Kier alpha value is -2.47. The van der Waals surface area contributed by atoms with Crippen LogP contribution in [-0.4, -0.2) is 42.2 Å². The average molecular weight is 384 g/mol. The number of hydrogen-bond acceptors (Lipinski definition) is 3. The number of nitrogens with zero attached hydrogens (tertiary/aromatic N) is 1. The number of anilines is 1. The summed E-state index contributed by atoms with van der Waals surface area (Å²) in [5.41, 5.74) is 0.770. The van der Waals surface area contributed by atoms with Crippen LogP contribution in [0, 0.1) is 5.92 Å². The summed E-state index contributed by atoms with van der Waals surface area (Å²) in [6, 6.07) is 19.4. The Kier molecular flexibility index (Phi) is 7.16. The van der Waals surface area contributed by atoms with E-state index in [1.54, 1.807) is 16.7 Å². The first-order valence-electron chi connectivity index (χ1n) is 9.29. The lowest BCUT2D eigenvalue weighted by atomic mass is 9.97. The van der Waals surface area contributed by atoms with Crippen molar-refractivity contribution in [1.82, 2.24) is 10.2 Å². The topological polar surface area (TPSA) is 61.4 Å². The molecule has 0 aliphatic carbocycles. The monoisotopic (exact) mass is 383 g/mol. The highest BCUT2D eigenvalue weighted by molar-refractivity contribution is 7.99. The number of para-hydroxylation sites is 1. The van der Waals surface area contributed by atoms with Crippen LogP contribution in [0.4, 0.5) is 10.5 Å². The SMILES string of the molecule is O=C(NCCSc1ccccc1)[C@@H]1CCCN(C(=O)Nc2ccccc2)C1. The molecule has 0 saturated carbocycles. The Morgan fingerprint density at radius 1 is 1.04 bits per heavy atom. The molecule has 5 nitrogen and oxygen atoms in total. The van der Waals surface area contributed by atoms with Gasteiger partial charge in [0.25, 0.3) is 0 Å². The molecule has 0 aromatic heterocycles. The highest BCUT2D eigenvalue weighted by atomic mass is 32.2. The molecule has 3 rings (SSSR count). The lowest BCUT2D eigenvalue weighted by Gasteiger charge is -2.32. The third kappa shape index (κ3) is 6.03. The van der Waals surface area contributed by atoms with E-state index in [9.17, 15) is 9.59 Å². The van der Waals surface area contributed by atoms with Gasteiger partial charge in [-0.1, -0.05) is 36.4 Å². The van der Waals surface area contributed by atoms with Gasteiger partial charge in [0.2, 0.25) is 5.91 Å². The van der Waals surface area contributed by atoms with Gasteiger partial charge in [0, 0.05) is 36.0 Å². The van der Waals surface area contributed by atoms with Crippen LogP contribution in [0.1, 0.15) is 12.8 Å². The Morgan fingerprint density at radius 3 is 2.48 bits per heavy atom. The quantitative estimate of drug-likeness (QED) is 0.589. The summed E-state index contributed by atoms with van der Waals surface area (Å²) in [5, 5.41) is 5.91. The van der Waals surface area contributed by atoms with E-state index >= 15 is 0 Å². The maximum atomic E-state index is 12.5. The zero-order valence-electron chi connectivity index (χ0n) is 15.3. The second-order valence-electron chi connectivity index (χ2n) is 6.53. The van der Waals surface area contributed by atoms with Gasteiger partial charge >= 0.3 is 6.03 Å². The van der Waals surface area contributed by atoms with E-state index in [1.165, 1.54) is 4.90 Å². The van der Waals surface area contributed by atoms with E-state index in [2.05, 4.69) is 22.8 Å². The number of piperidine rings is 1. The number of hydrogen-bond donors (Lipinski definition) is 2. The molecule has 1 fully saturated rings. The lowest BCUT2D eigenvalue weighted by Crippen LogP contribution is -2.47. The number of urea groups is 1. The third-order valence-corrected chi connectivity index (χ3v) is 5.53. The predicted octanol–water partition coefficient (Wildman–Crippen LogP) is 3.84. The minimum absolute atomic E-state index is 0.0425. The van der Waals surface area contributed by atoms with Gasteiger partial charge in [-0.2, -0.15) is 0 Å². The van der Waals surface area contributed by atoms with E-state index in [-0.39, 0.29) is 17.9 Å². The number of amides is 3. The average Bonchev–Trinajstić information content (AvgIpc) is 2.72. The van der Waals surface area contributed by atoms with Crippen LogP contribution < -0.4 is 10.6 Å². The summed E-state index contributed by atoms with van der Waals surface area (Å²) in [4.78, 5) is 27.8. The molecule has 0 radical (unpaired) electrons. The highest BCUT2D eigenvalue weighted by Crippen LogP contribution is 2.19. The molecular weight excluding hydrogens is 358 g/mol. The van der Waals surface area contributed by atoms with Crippen LogP contribution in [0.5, 0.6) is 0 Å². The molecule has 3 amide bonds. The van der Waals surface area contributed by atoms with E-state index in [4.69, 9.17) is 0 Å². The zero-order valence-corrected chi connectivity index (χ0v) is 16.1. The van der Waals surface area contributed by atoms with Crippen LogP contribution in [0.15, 0.2) is 65.6 Å². The van der Waals surface area contributed by atoms with Gasteiger partial charge in [-0.25, -0.2) is 4.79 Å². The Labute approximate surface area is 164 Å². The van der Waals surface area contributed by atoms with E-state index in [0.29, 0.717) is 19.6 Å². The van der Waals surface area contributed by atoms with Gasteiger partial charge in [0.05, 0.1) is 5.92 Å². The Balaban J connectivity index is 1.41. The third-order valence-electron chi connectivity index (χ3n) is 4.52. The lowest BCUT2D eigenvalue weighted by molar-refractivity contribution is -0.126. The maximum absolute atomic E-state index is 12.5. The van der Waals surface area contributed by atoms with Gasteiger partial charge in [0.15, 0.2) is 0 Å². The largest absolute Gasteiger partial charge is 0.355 e. The molecular formula is C21H25N3O2S. The summed E-state index contributed by atoms with van der Waals surface area (Å²) in [6.45, 7) is 1.79. The second-order valence-corrected chi connectivity index (χ2v) is 7.70. The van der Waals surface area contributed by atoms with E-state index < -0.39 is 0 Å². The van der Waals surface area contributed by atoms with E-state index in [0.717, 1.165) is 24.3 Å². The highest BCUT2D eigenvalue weighted by Gasteiger charge is 2.28. The molecule has 6 heteroatoms. The Morgan fingerprint density at radius 2 is 1.74 bits per heavy atom. The van der Waals surface area contributed by atoms with Gasteiger partial charge in [-0.3, -0.25) is 4.79 Å². The molecule has 1 saturated heterocycles. The number of carbonyl (C=O) groups excluding carboxylic acids is 2. The summed E-state index contributed by atoms with van der Waals surface area (Å²) >= 11 is 1.73. The van der Waals surface area contributed by atoms with Gasteiger partial charge in [-0.15, -0.1) is 11.8 Å². The first-order valence-corrected chi connectivity index (χ1v) is 10.3. The molecule has 0 spiro atoms. The molecule has 1 atom stereocenters. The number of likely N-dealkylation sites (tertiary alicyclic amines) is 1. The fourth-order valence-electron chi connectivity index (χ4n) is 3.10. The molecule has 2 N–H and O–H groups in total. The van der Waals surface area contributed by atoms with Crippen molar-refractivity contribution in [3.05, 3.63) is 60.7 Å². The van der Waals surface area contributed by atoms with Crippen LogP contribution in [0.25, 0.3) is 0 Å². The maximum Gasteiger partial charge on any atom is 0.321 e.